The summed E-state index contributed by atoms with van der Waals surface area (Å²) in [5, 5.41) is 8.84. The first-order valence-corrected chi connectivity index (χ1v) is 5.34. The van der Waals surface area contributed by atoms with E-state index in [-0.39, 0.29) is 21.5 Å². The summed E-state index contributed by atoms with van der Waals surface area (Å²) in [6, 6.07) is 0.906. The molecule has 0 aliphatic heterocycles. The number of rotatable bonds is 3. The number of hydrogen-bond acceptors (Lipinski definition) is 3. The molecule has 1 aromatic rings. The van der Waals surface area contributed by atoms with Gasteiger partial charge in [-0.1, -0.05) is 23.2 Å². The van der Waals surface area contributed by atoms with Gasteiger partial charge in [-0.05, 0) is 6.07 Å². The summed E-state index contributed by atoms with van der Waals surface area (Å²) < 4.78 is 47.0. The summed E-state index contributed by atoms with van der Waals surface area (Å²) >= 11 is 11.5. The second-order valence-corrected chi connectivity index (χ2v) is 4.06. The van der Waals surface area contributed by atoms with Crippen LogP contribution in [0.3, 0.4) is 0 Å². The lowest BCUT2D eigenvalue weighted by Crippen LogP contribution is -2.21. The zero-order chi connectivity index (χ0) is 14.1. The molecule has 1 rings (SSSR count). The molecule has 0 amide bonds. The maximum Gasteiger partial charge on any atom is 0.418 e. The first kappa shape index (κ1) is 15.2. The van der Waals surface area contributed by atoms with Crippen molar-refractivity contribution in [2.45, 2.75) is 12.3 Å². The Labute approximate surface area is 111 Å². The molecule has 1 aromatic carbocycles. The molecule has 3 nitrogen and oxygen atoms in total. The molecular weight excluding hydrogens is 296 g/mol. The monoisotopic (exact) mass is 304 g/mol. The van der Waals surface area contributed by atoms with Crippen LogP contribution in [0.2, 0.25) is 10.0 Å². The highest BCUT2D eigenvalue weighted by Gasteiger charge is 2.42. The molecule has 0 aromatic heterocycles. The zero-order valence-corrected chi connectivity index (χ0v) is 10.8. The van der Waals surface area contributed by atoms with Crippen molar-refractivity contribution in [3.8, 4) is 11.5 Å². The highest BCUT2D eigenvalue weighted by molar-refractivity contribution is 6.38. The van der Waals surface area contributed by atoms with Crippen LogP contribution in [-0.4, -0.2) is 25.5 Å². The SMILES string of the molecule is COc1c(Cl)cc(C(O)C(F)(F)F)c(OC)c1Cl. The number of aliphatic hydroxyl groups excluding tert-OH is 1. The van der Waals surface area contributed by atoms with E-state index in [1.807, 2.05) is 0 Å². The van der Waals surface area contributed by atoms with Crippen molar-refractivity contribution in [1.29, 1.82) is 0 Å². The molecule has 0 spiro atoms. The summed E-state index contributed by atoms with van der Waals surface area (Å²) in [6.45, 7) is 0. The van der Waals surface area contributed by atoms with Crippen LogP contribution in [0.15, 0.2) is 6.07 Å². The normalized spacial score (nSPS) is 13.3. The molecule has 0 aliphatic rings. The Morgan fingerprint density at radius 1 is 1.17 bits per heavy atom. The number of methoxy groups -OCH3 is 2. The van der Waals surface area contributed by atoms with Gasteiger partial charge in [0.2, 0.25) is 0 Å². The van der Waals surface area contributed by atoms with Gasteiger partial charge in [0.25, 0.3) is 0 Å². The van der Waals surface area contributed by atoms with Crippen molar-refractivity contribution in [2.24, 2.45) is 0 Å². The third-order valence-electron chi connectivity index (χ3n) is 2.17. The van der Waals surface area contributed by atoms with Gasteiger partial charge in [-0.2, -0.15) is 13.2 Å². The molecular formula is C10H9Cl2F3O3. The highest BCUT2D eigenvalue weighted by Crippen LogP contribution is 2.47. The fourth-order valence-electron chi connectivity index (χ4n) is 1.38. The average molecular weight is 305 g/mol. The van der Waals surface area contributed by atoms with E-state index in [4.69, 9.17) is 32.7 Å². The number of halogens is 5. The van der Waals surface area contributed by atoms with Gasteiger partial charge >= 0.3 is 6.18 Å². The van der Waals surface area contributed by atoms with E-state index in [9.17, 15) is 18.3 Å². The lowest BCUT2D eigenvalue weighted by atomic mass is 10.1. The fourth-order valence-corrected chi connectivity index (χ4v) is 2.08. The third kappa shape index (κ3) is 2.76. The van der Waals surface area contributed by atoms with Crippen molar-refractivity contribution < 1.29 is 27.8 Å². The molecule has 18 heavy (non-hydrogen) atoms. The molecule has 0 saturated carbocycles. The third-order valence-corrected chi connectivity index (χ3v) is 2.80. The molecule has 1 N–H and O–H groups in total. The topological polar surface area (TPSA) is 38.7 Å². The predicted molar refractivity (Wildman–Crippen MR) is 60.6 cm³/mol. The van der Waals surface area contributed by atoms with E-state index in [0.717, 1.165) is 13.2 Å². The molecule has 1 atom stereocenters. The minimum Gasteiger partial charge on any atom is -0.495 e. The number of ether oxygens (including phenoxy) is 2. The molecule has 0 fully saturated rings. The van der Waals surface area contributed by atoms with Crippen LogP contribution in [0.5, 0.6) is 11.5 Å². The van der Waals surface area contributed by atoms with Crippen LogP contribution < -0.4 is 9.47 Å². The van der Waals surface area contributed by atoms with E-state index in [1.54, 1.807) is 0 Å². The maximum absolute atomic E-state index is 12.5. The summed E-state index contributed by atoms with van der Waals surface area (Å²) in [5.74, 6) is -0.351. The molecule has 0 heterocycles. The minimum absolute atomic E-state index is 0.0201. The van der Waals surface area contributed by atoms with Gasteiger partial charge < -0.3 is 14.6 Å². The number of benzene rings is 1. The molecule has 0 radical (unpaired) electrons. The van der Waals surface area contributed by atoms with Crippen LogP contribution in [0, 0.1) is 0 Å². The number of hydrogen-bond donors (Lipinski definition) is 1. The minimum atomic E-state index is -4.85. The molecule has 1 unspecified atom stereocenters. The first-order valence-electron chi connectivity index (χ1n) is 4.58. The van der Waals surface area contributed by atoms with Gasteiger partial charge in [-0.25, -0.2) is 0 Å². The molecule has 102 valence electrons. The Kier molecular flexibility index (Phi) is 4.58. The highest BCUT2D eigenvalue weighted by atomic mass is 35.5. The van der Waals surface area contributed by atoms with E-state index in [2.05, 4.69) is 0 Å². The second-order valence-electron chi connectivity index (χ2n) is 3.27. The largest absolute Gasteiger partial charge is 0.495 e. The van der Waals surface area contributed by atoms with Crippen LogP contribution in [0.4, 0.5) is 13.2 Å². The second kappa shape index (κ2) is 5.42. The number of alkyl halides is 3. The van der Waals surface area contributed by atoms with Crippen LogP contribution in [-0.2, 0) is 0 Å². The lowest BCUT2D eigenvalue weighted by Gasteiger charge is -2.20. The van der Waals surface area contributed by atoms with Gasteiger partial charge in [-0.3, -0.25) is 0 Å². The lowest BCUT2D eigenvalue weighted by molar-refractivity contribution is -0.207. The van der Waals surface area contributed by atoms with Crippen molar-refractivity contribution in [1.82, 2.24) is 0 Å². The Balaban J connectivity index is 3.46. The summed E-state index contributed by atoms with van der Waals surface area (Å²) in [4.78, 5) is 0. The predicted octanol–water partition coefficient (Wildman–Crippen LogP) is 3.61. The van der Waals surface area contributed by atoms with Crippen LogP contribution in [0.25, 0.3) is 0 Å². The number of aliphatic hydroxyl groups is 1. The fraction of sp³-hybridized carbons (Fsp3) is 0.400. The van der Waals surface area contributed by atoms with Gasteiger partial charge in [0, 0.05) is 5.56 Å². The Bertz CT molecular complexity index is 449. The van der Waals surface area contributed by atoms with Crippen molar-refractivity contribution >= 4 is 23.2 Å². The summed E-state index contributed by atoms with van der Waals surface area (Å²) in [5.41, 5.74) is -0.569. The first-order chi connectivity index (χ1) is 8.23. The molecule has 0 bridgehead atoms. The van der Waals surface area contributed by atoms with Gasteiger partial charge in [-0.15, -0.1) is 0 Å². The van der Waals surface area contributed by atoms with Gasteiger partial charge in [0.1, 0.15) is 10.8 Å². The Morgan fingerprint density at radius 3 is 2.06 bits per heavy atom. The van der Waals surface area contributed by atoms with Gasteiger partial charge in [0.15, 0.2) is 11.9 Å². The van der Waals surface area contributed by atoms with Crippen LogP contribution in [0.1, 0.15) is 11.7 Å². The average Bonchev–Trinajstić information content (AvgIpc) is 2.26. The summed E-state index contributed by atoms with van der Waals surface area (Å²) in [7, 11) is 2.38. The van der Waals surface area contributed by atoms with E-state index >= 15 is 0 Å². The Morgan fingerprint density at radius 2 is 1.67 bits per heavy atom. The Hall–Kier alpha value is -0.850. The maximum atomic E-state index is 12.5. The van der Waals surface area contributed by atoms with Crippen molar-refractivity contribution in [3.63, 3.8) is 0 Å². The molecule has 0 saturated heterocycles. The van der Waals surface area contributed by atoms with E-state index in [0.29, 0.717) is 0 Å². The standard InChI is InChI=1S/C10H9Cl2F3O3/c1-17-7-4(9(16)10(13,14)15)3-5(11)8(18-2)6(7)12/h3,9,16H,1-2H3. The molecule has 8 heteroatoms. The van der Waals surface area contributed by atoms with Gasteiger partial charge in [0.05, 0.1) is 19.2 Å². The van der Waals surface area contributed by atoms with Crippen LogP contribution >= 0.6 is 23.2 Å². The summed E-state index contributed by atoms with van der Waals surface area (Å²) in [6.07, 6.45) is -7.59. The zero-order valence-electron chi connectivity index (χ0n) is 9.31. The van der Waals surface area contributed by atoms with Crippen molar-refractivity contribution in [3.05, 3.63) is 21.7 Å². The van der Waals surface area contributed by atoms with E-state index < -0.39 is 17.8 Å². The van der Waals surface area contributed by atoms with E-state index in [1.165, 1.54) is 7.11 Å². The quantitative estimate of drug-likeness (QED) is 0.927. The van der Waals surface area contributed by atoms with Crippen molar-refractivity contribution in [2.75, 3.05) is 14.2 Å². The molecule has 0 aliphatic carbocycles. The smallest absolute Gasteiger partial charge is 0.418 e.